The molecule has 0 fully saturated rings. The van der Waals surface area contributed by atoms with E-state index in [0.717, 1.165) is 37.2 Å². The number of methoxy groups -OCH3 is 2. The van der Waals surface area contributed by atoms with Crippen LogP contribution in [0.4, 0.5) is 0 Å². The number of hydrogen-bond acceptors (Lipinski definition) is 3. The van der Waals surface area contributed by atoms with Gasteiger partial charge in [0.15, 0.2) is 0 Å². The molecule has 3 nitrogen and oxygen atoms in total. The highest BCUT2D eigenvalue weighted by molar-refractivity contribution is 5.88. The summed E-state index contributed by atoms with van der Waals surface area (Å²) in [6, 6.07) is 18.8. The maximum Gasteiger partial charge on any atom is 0.118 e. The molecule has 5 rings (SSSR count). The van der Waals surface area contributed by atoms with E-state index in [2.05, 4.69) is 42.5 Å². The molecule has 30 heavy (non-hydrogen) atoms. The largest absolute Gasteiger partial charge is 0.497 e. The molecule has 0 unspecified atom stereocenters. The smallest absolute Gasteiger partial charge is 0.118 e. The predicted octanol–water partition coefficient (Wildman–Crippen LogP) is 6.07. The van der Waals surface area contributed by atoms with E-state index in [4.69, 9.17) is 14.5 Å². The number of aromatic nitrogens is 1. The molecule has 0 amide bonds. The lowest BCUT2D eigenvalue weighted by molar-refractivity contribution is 0.414. The Morgan fingerprint density at radius 1 is 0.633 bits per heavy atom. The number of allylic oxidation sites excluding steroid dienone is 2. The fourth-order valence-electron chi connectivity index (χ4n) is 4.40. The third-order valence-electron chi connectivity index (χ3n) is 6.03. The van der Waals surface area contributed by atoms with E-state index in [1.165, 1.54) is 44.8 Å². The molecule has 2 aliphatic rings. The van der Waals surface area contributed by atoms with Crippen LogP contribution in [0.15, 0.2) is 54.6 Å². The number of aryl methyl sites for hydroxylation is 2. The predicted molar refractivity (Wildman–Crippen MR) is 123 cm³/mol. The molecule has 150 valence electrons. The van der Waals surface area contributed by atoms with Gasteiger partial charge in [-0.1, -0.05) is 30.3 Å². The van der Waals surface area contributed by atoms with Gasteiger partial charge in [-0.05, 0) is 95.5 Å². The highest BCUT2D eigenvalue weighted by Crippen LogP contribution is 2.39. The lowest BCUT2D eigenvalue weighted by Crippen LogP contribution is -1.95. The Labute approximate surface area is 177 Å². The van der Waals surface area contributed by atoms with Gasteiger partial charge in [0.05, 0.1) is 25.6 Å². The number of rotatable bonds is 4. The van der Waals surface area contributed by atoms with E-state index in [-0.39, 0.29) is 0 Å². The van der Waals surface area contributed by atoms with Crippen LogP contribution in [0.5, 0.6) is 11.5 Å². The van der Waals surface area contributed by atoms with Gasteiger partial charge in [0.2, 0.25) is 0 Å². The fraction of sp³-hybridized carbons (Fsp3) is 0.222. The van der Waals surface area contributed by atoms with Crippen LogP contribution in [0.3, 0.4) is 0 Å². The first-order valence-corrected chi connectivity index (χ1v) is 10.5. The van der Waals surface area contributed by atoms with Crippen LogP contribution in [0, 0.1) is 0 Å². The van der Waals surface area contributed by atoms with Crippen LogP contribution in [-0.4, -0.2) is 19.2 Å². The van der Waals surface area contributed by atoms with E-state index in [1.807, 2.05) is 24.3 Å². The molecule has 0 aliphatic heterocycles. The molecular weight excluding hydrogens is 370 g/mol. The van der Waals surface area contributed by atoms with Crippen LogP contribution in [0.1, 0.15) is 46.5 Å². The summed E-state index contributed by atoms with van der Waals surface area (Å²) < 4.78 is 10.5. The van der Waals surface area contributed by atoms with Crippen molar-refractivity contribution < 1.29 is 9.47 Å². The molecule has 1 aromatic heterocycles. The van der Waals surface area contributed by atoms with Crippen LogP contribution in [0.25, 0.3) is 23.3 Å². The van der Waals surface area contributed by atoms with Crippen molar-refractivity contribution in [2.45, 2.75) is 25.7 Å². The van der Waals surface area contributed by atoms with Gasteiger partial charge in [-0.25, -0.2) is 4.98 Å². The summed E-state index contributed by atoms with van der Waals surface area (Å²) in [5, 5.41) is 0. The molecule has 0 saturated heterocycles. The van der Waals surface area contributed by atoms with Gasteiger partial charge in [-0.3, -0.25) is 0 Å². The molecule has 2 aliphatic carbocycles. The van der Waals surface area contributed by atoms with Crippen molar-refractivity contribution in [3.05, 3.63) is 88.2 Å². The lowest BCUT2D eigenvalue weighted by Gasteiger charge is -2.07. The van der Waals surface area contributed by atoms with Crippen molar-refractivity contribution in [3.63, 3.8) is 0 Å². The van der Waals surface area contributed by atoms with Crippen molar-refractivity contribution >= 4 is 23.3 Å². The van der Waals surface area contributed by atoms with Gasteiger partial charge in [-0.2, -0.15) is 0 Å². The number of pyridine rings is 1. The number of benzene rings is 2. The molecule has 0 bridgehead atoms. The number of hydrogen-bond donors (Lipinski definition) is 0. The van der Waals surface area contributed by atoms with Crippen LogP contribution < -0.4 is 9.47 Å². The van der Waals surface area contributed by atoms with Crippen molar-refractivity contribution in [1.29, 1.82) is 0 Å². The van der Waals surface area contributed by atoms with Gasteiger partial charge in [0.1, 0.15) is 11.5 Å². The Morgan fingerprint density at radius 2 is 1.07 bits per heavy atom. The normalized spacial score (nSPS) is 17.3. The Bertz CT molecular complexity index is 1050. The molecule has 0 saturated carbocycles. The zero-order chi connectivity index (χ0) is 20.5. The molecular formula is C27H25NO2. The summed E-state index contributed by atoms with van der Waals surface area (Å²) in [6.45, 7) is 0. The van der Waals surface area contributed by atoms with Gasteiger partial charge >= 0.3 is 0 Å². The third-order valence-corrected chi connectivity index (χ3v) is 6.03. The first kappa shape index (κ1) is 18.7. The zero-order valence-corrected chi connectivity index (χ0v) is 17.4. The van der Waals surface area contributed by atoms with Gasteiger partial charge in [0, 0.05) is 0 Å². The van der Waals surface area contributed by atoms with Crippen molar-refractivity contribution in [1.82, 2.24) is 4.98 Å². The second-order valence-corrected chi connectivity index (χ2v) is 7.89. The molecule has 0 atom stereocenters. The summed E-state index contributed by atoms with van der Waals surface area (Å²) in [6.07, 6.45) is 8.80. The van der Waals surface area contributed by atoms with Crippen molar-refractivity contribution in [2.75, 3.05) is 14.2 Å². The first-order chi connectivity index (χ1) is 14.7. The lowest BCUT2D eigenvalue weighted by atomic mass is 10.1. The quantitative estimate of drug-likeness (QED) is 0.537. The van der Waals surface area contributed by atoms with E-state index in [0.29, 0.717) is 0 Å². The van der Waals surface area contributed by atoms with Crippen molar-refractivity contribution in [3.8, 4) is 11.5 Å². The Hall–Kier alpha value is -3.33. The number of fused-ring (bicyclic) bond motifs is 2. The van der Waals surface area contributed by atoms with Crippen LogP contribution >= 0.6 is 0 Å². The minimum atomic E-state index is 0.883. The SMILES string of the molecule is COc1ccc(C=C2CCc3cc4c(nc32)C(=Cc2ccc(OC)cc2)CC4)cc1. The minimum absolute atomic E-state index is 0.883. The topological polar surface area (TPSA) is 31.4 Å². The second kappa shape index (κ2) is 7.83. The Balaban J connectivity index is 1.48. The third kappa shape index (κ3) is 3.52. The molecule has 2 aromatic carbocycles. The first-order valence-electron chi connectivity index (χ1n) is 10.5. The van der Waals surface area contributed by atoms with E-state index >= 15 is 0 Å². The zero-order valence-electron chi connectivity index (χ0n) is 17.4. The van der Waals surface area contributed by atoms with Gasteiger partial charge in [0.25, 0.3) is 0 Å². The van der Waals surface area contributed by atoms with Crippen LogP contribution in [0.2, 0.25) is 0 Å². The van der Waals surface area contributed by atoms with E-state index < -0.39 is 0 Å². The highest BCUT2D eigenvalue weighted by atomic mass is 16.5. The summed E-state index contributed by atoms with van der Waals surface area (Å²) in [4.78, 5) is 5.17. The number of nitrogens with zero attached hydrogens (tertiary/aromatic N) is 1. The molecule has 0 radical (unpaired) electrons. The standard InChI is InChI=1S/C27H25NO2/c1-29-24-11-3-18(4-12-24)15-20-7-9-22-17-23-10-8-21(27(23)28-26(20)22)16-19-5-13-25(30-2)14-6-19/h3-6,11-17H,7-10H2,1-2H3. The molecule has 3 aromatic rings. The summed E-state index contributed by atoms with van der Waals surface area (Å²) in [5.41, 5.74) is 10.2. The second-order valence-electron chi connectivity index (χ2n) is 7.89. The maximum atomic E-state index is 5.27. The number of ether oxygens (including phenoxy) is 2. The average Bonchev–Trinajstić information content (AvgIpc) is 3.37. The van der Waals surface area contributed by atoms with Crippen LogP contribution in [-0.2, 0) is 12.8 Å². The Kier molecular flexibility index (Phi) is 4.88. The summed E-state index contributed by atoms with van der Waals surface area (Å²) >= 11 is 0. The minimum Gasteiger partial charge on any atom is -0.497 e. The molecule has 0 spiro atoms. The summed E-state index contributed by atoms with van der Waals surface area (Å²) in [5.74, 6) is 1.77. The van der Waals surface area contributed by atoms with Gasteiger partial charge in [-0.15, -0.1) is 0 Å². The van der Waals surface area contributed by atoms with E-state index in [1.54, 1.807) is 14.2 Å². The van der Waals surface area contributed by atoms with Crippen molar-refractivity contribution in [2.24, 2.45) is 0 Å². The monoisotopic (exact) mass is 395 g/mol. The maximum absolute atomic E-state index is 5.27. The highest BCUT2D eigenvalue weighted by Gasteiger charge is 2.25. The van der Waals surface area contributed by atoms with E-state index in [9.17, 15) is 0 Å². The Morgan fingerprint density at radius 3 is 1.47 bits per heavy atom. The average molecular weight is 396 g/mol. The molecule has 0 N–H and O–H groups in total. The summed E-state index contributed by atoms with van der Waals surface area (Å²) in [7, 11) is 3.39. The molecule has 1 heterocycles. The fourth-order valence-corrected chi connectivity index (χ4v) is 4.40. The molecule has 3 heteroatoms. The van der Waals surface area contributed by atoms with Gasteiger partial charge < -0.3 is 9.47 Å².